The van der Waals surface area contributed by atoms with Crippen LogP contribution in [0.25, 0.3) is 11.3 Å². The summed E-state index contributed by atoms with van der Waals surface area (Å²) >= 11 is 0. The normalized spacial score (nSPS) is 26.7. The summed E-state index contributed by atoms with van der Waals surface area (Å²) in [5.41, 5.74) is 1.97. The van der Waals surface area contributed by atoms with Crippen molar-refractivity contribution in [1.29, 1.82) is 0 Å². The smallest absolute Gasteiger partial charge is 0.271 e. The highest BCUT2D eigenvalue weighted by atomic mass is 32.2. The van der Waals surface area contributed by atoms with E-state index in [0.29, 0.717) is 30.6 Å². The Labute approximate surface area is 201 Å². The standard InChI is InChI=1S/C25H34N4O4S/c1-33-21-9-7-18(8-10-21)24-15-22(27-29(24)20-11-14-34(31,32)17-20)25(30)26-16-19-5-4-13-28-12-3-2-6-23(19)28/h7-10,15,19-20,23H,2-6,11-14,16-17H2,1H3,(H,26,30)/t19-,20+,23-/m1/s1. The van der Waals surface area contributed by atoms with E-state index in [-0.39, 0.29) is 23.5 Å². The first-order chi connectivity index (χ1) is 16.4. The number of nitrogens with one attached hydrogen (secondary N) is 1. The van der Waals surface area contributed by atoms with Gasteiger partial charge in [-0.3, -0.25) is 9.48 Å². The molecular weight excluding hydrogens is 452 g/mol. The molecule has 0 bridgehead atoms. The Morgan fingerprint density at radius 1 is 1.12 bits per heavy atom. The van der Waals surface area contributed by atoms with Crippen molar-refractivity contribution >= 4 is 15.7 Å². The summed E-state index contributed by atoms with van der Waals surface area (Å²) in [6, 6.07) is 9.63. The minimum atomic E-state index is -3.09. The van der Waals surface area contributed by atoms with Gasteiger partial charge in [0, 0.05) is 18.2 Å². The fourth-order valence-corrected chi connectivity index (χ4v) is 7.55. The molecule has 8 nitrogen and oxygen atoms in total. The van der Waals surface area contributed by atoms with Gasteiger partial charge >= 0.3 is 0 Å². The van der Waals surface area contributed by atoms with E-state index in [9.17, 15) is 13.2 Å². The highest BCUT2D eigenvalue weighted by Gasteiger charge is 2.34. The quantitative estimate of drug-likeness (QED) is 0.675. The van der Waals surface area contributed by atoms with Gasteiger partial charge in [0.25, 0.3) is 5.91 Å². The molecule has 1 N–H and O–H groups in total. The second-order valence-electron chi connectivity index (χ2n) is 9.86. The summed E-state index contributed by atoms with van der Waals surface area (Å²) in [7, 11) is -1.47. The number of carbonyl (C=O) groups is 1. The van der Waals surface area contributed by atoms with E-state index >= 15 is 0 Å². The van der Waals surface area contributed by atoms with Crippen molar-refractivity contribution in [2.45, 2.75) is 50.6 Å². The van der Waals surface area contributed by atoms with Gasteiger partial charge in [-0.15, -0.1) is 0 Å². The Balaban J connectivity index is 1.36. The Kier molecular flexibility index (Phi) is 6.66. The van der Waals surface area contributed by atoms with Gasteiger partial charge in [-0.05, 0) is 81.4 Å². The molecule has 1 amide bonds. The van der Waals surface area contributed by atoms with Crippen LogP contribution in [-0.2, 0) is 9.84 Å². The Morgan fingerprint density at radius 3 is 2.65 bits per heavy atom. The number of benzene rings is 1. The van der Waals surface area contributed by atoms with E-state index in [4.69, 9.17) is 4.74 Å². The van der Waals surface area contributed by atoms with Crippen molar-refractivity contribution in [3.8, 4) is 17.0 Å². The number of nitrogens with zero attached hydrogens (tertiary/aromatic N) is 3. The first kappa shape index (κ1) is 23.4. The molecule has 3 atom stereocenters. The molecule has 3 saturated heterocycles. The molecule has 3 aliphatic rings. The molecule has 34 heavy (non-hydrogen) atoms. The van der Waals surface area contributed by atoms with Gasteiger partial charge in [0.2, 0.25) is 0 Å². The van der Waals surface area contributed by atoms with E-state index in [1.165, 1.54) is 38.8 Å². The molecule has 1 aromatic heterocycles. The number of piperidine rings is 2. The number of fused-ring (bicyclic) bond motifs is 1. The number of methoxy groups -OCH3 is 1. The summed E-state index contributed by atoms with van der Waals surface area (Å²) in [5, 5.41) is 7.76. The largest absolute Gasteiger partial charge is 0.497 e. The maximum absolute atomic E-state index is 13.1. The van der Waals surface area contributed by atoms with E-state index in [1.54, 1.807) is 17.9 Å². The highest BCUT2D eigenvalue weighted by Crippen LogP contribution is 2.32. The molecular formula is C25H34N4O4S. The van der Waals surface area contributed by atoms with E-state index in [1.807, 2.05) is 24.3 Å². The number of ether oxygens (including phenoxy) is 1. The topological polar surface area (TPSA) is 93.5 Å². The number of amides is 1. The summed E-state index contributed by atoms with van der Waals surface area (Å²) in [5.74, 6) is 1.22. The van der Waals surface area contributed by atoms with Crippen molar-refractivity contribution < 1.29 is 17.9 Å². The Hall–Kier alpha value is -2.39. The van der Waals surface area contributed by atoms with Gasteiger partial charge in [0.15, 0.2) is 15.5 Å². The summed E-state index contributed by atoms with van der Waals surface area (Å²) in [4.78, 5) is 15.7. The van der Waals surface area contributed by atoms with Crippen molar-refractivity contribution in [2.75, 3.05) is 38.2 Å². The van der Waals surface area contributed by atoms with E-state index in [0.717, 1.165) is 23.4 Å². The molecule has 1 aromatic carbocycles. The second-order valence-corrected chi connectivity index (χ2v) is 12.1. The van der Waals surface area contributed by atoms with Crippen molar-refractivity contribution in [3.05, 3.63) is 36.0 Å². The minimum Gasteiger partial charge on any atom is -0.497 e. The number of hydrogen-bond donors (Lipinski definition) is 1. The van der Waals surface area contributed by atoms with Crippen LogP contribution in [-0.4, -0.2) is 73.3 Å². The summed E-state index contributed by atoms with van der Waals surface area (Å²) in [6.45, 7) is 3.01. The van der Waals surface area contributed by atoms with Crippen LogP contribution >= 0.6 is 0 Å². The highest BCUT2D eigenvalue weighted by molar-refractivity contribution is 7.91. The van der Waals surface area contributed by atoms with E-state index < -0.39 is 9.84 Å². The molecule has 0 unspecified atom stereocenters. The maximum Gasteiger partial charge on any atom is 0.271 e. The molecule has 0 spiro atoms. The molecule has 184 valence electrons. The average Bonchev–Trinajstić information content (AvgIpc) is 3.46. The van der Waals surface area contributed by atoms with Crippen molar-refractivity contribution in [2.24, 2.45) is 5.92 Å². The fraction of sp³-hybridized carbons (Fsp3) is 0.600. The number of carbonyl (C=O) groups excluding carboxylic acids is 1. The number of aromatic nitrogens is 2. The maximum atomic E-state index is 13.1. The van der Waals surface area contributed by atoms with Gasteiger partial charge in [-0.25, -0.2) is 8.42 Å². The zero-order valence-electron chi connectivity index (χ0n) is 19.8. The van der Waals surface area contributed by atoms with Gasteiger partial charge < -0.3 is 15.0 Å². The molecule has 0 aliphatic carbocycles. The summed E-state index contributed by atoms with van der Waals surface area (Å²) < 4.78 is 31.3. The lowest BCUT2D eigenvalue weighted by atomic mass is 9.83. The number of hydrogen-bond acceptors (Lipinski definition) is 6. The molecule has 4 heterocycles. The first-order valence-corrected chi connectivity index (χ1v) is 14.2. The van der Waals surface area contributed by atoms with Crippen LogP contribution in [0.15, 0.2) is 30.3 Å². The second kappa shape index (κ2) is 9.70. The van der Waals surface area contributed by atoms with Crippen LogP contribution in [0, 0.1) is 5.92 Å². The molecule has 2 aromatic rings. The van der Waals surface area contributed by atoms with Crippen LogP contribution in [0.3, 0.4) is 0 Å². The Bertz CT molecular complexity index is 1130. The average molecular weight is 487 g/mol. The molecule has 0 saturated carbocycles. The lowest BCUT2D eigenvalue weighted by Gasteiger charge is -2.44. The number of rotatable bonds is 6. The predicted octanol–water partition coefficient (Wildman–Crippen LogP) is 2.91. The minimum absolute atomic E-state index is 0.0541. The van der Waals surface area contributed by atoms with Crippen molar-refractivity contribution in [3.63, 3.8) is 0 Å². The fourth-order valence-electron chi connectivity index (χ4n) is 5.86. The van der Waals surface area contributed by atoms with Gasteiger partial charge in [-0.2, -0.15) is 5.10 Å². The SMILES string of the molecule is COc1ccc(-c2cc(C(=O)NC[C@H]3CCCN4CCCC[C@H]34)nn2[C@H]2CCS(=O)(=O)C2)cc1. The molecule has 5 rings (SSSR count). The third-order valence-electron chi connectivity index (χ3n) is 7.66. The van der Waals surface area contributed by atoms with Crippen LogP contribution in [0.1, 0.15) is 55.1 Å². The zero-order chi connectivity index (χ0) is 23.7. The lowest BCUT2D eigenvalue weighted by molar-refractivity contribution is 0.0575. The van der Waals surface area contributed by atoms with Crippen LogP contribution in [0.2, 0.25) is 0 Å². The van der Waals surface area contributed by atoms with Crippen LogP contribution in [0.4, 0.5) is 0 Å². The van der Waals surface area contributed by atoms with Gasteiger partial charge in [-0.1, -0.05) is 6.42 Å². The zero-order valence-corrected chi connectivity index (χ0v) is 20.6. The van der Waals surface area contributed by atoms with Crippen molar-refractivity contribution in [1.82, 2.24) is 20.0 Å². The first-order valence-electron chi connectivity index (χ1n) is 12.4. The van der Waals surface area contributed by atoms with Gasteiger partial charge in [0.05, 0.1) is 30.4 Å². The van der Waals surface area contributed by atoms with Crippen LogP contribution in [0.5, 0.6) is 5.75 Å². The third kappa shape index (κ3) is 4.86. The molecule has 3 aliphatic heterocycles. The molecule has 3 fully saturated rings. The number of sulfone groups is 1. The lowest BCUT2D eigenvalue weighted by Crippen LogP contribution is -2.51. The molecule has 9 heteroatoms. The summed E-state index contributed by atoms with van der Waals surface area (Å²) in [6.07, 6.45) is 6.60. The Morgan fingerprint density at radius 2 is 1.91 bits per heavy atom. The monoisotopic (exact) mass is 486 g/mol. The predicted molar refractivity (Wildman–Crippen MR) is 131 cm³/mol. The van der Waals surface area contributed by atoms with Gasteiger partial charge in [0.1, 0.15) is 5.75 Å². The van der Waals surface area contributed by atoms with Crippen LogP contribution < -0.4 is 10.1 Å². The molecule has 0 radical (unpaired) electrons. The third-order valence-corrected chi connectivity index (χ3v) is 9.41. The van der Waals surface area contributed by atoms with E-state index in [2.05, 4.69) is 15.3 Å².